The van der Waals surface area contributed by atoms with Crippen molar-refractivity contribution in [3.8, 4) is 0 Å². The van der Waals surface area contributed by atoms with Crippen molar-refractivity contribution >= 4 is 22.9 Å². The van der Waals surface area contributed by atoms with Gasteiger partial charge in [-0.1, -0.05) is 45.0 Å². The molecule has 17 heavy (non-hydrogen) atoms. The second kappa shape index (κ2) is 4.83. The zero-order valence-electron chi connectivity index (χ0n) is 10.4. The van der Waals surface area contributed by atoms with Crippen molar-refractivity contribution in [1.82, 2.24) is 0 Å². The van der Waals surface area contributed by atoms with Crippen molar-refractivity contribution in [2.75, 3.05) is 0 Å². The minimum Gasteiger partial charge on any atom is -0.152 e. The Balaban J connectivity index is 2.24. The molecular formula is C15H17ClS. The summed E-state index contributed by atoms with van der Waals surface area (Å²) in [5, 5.41) is 4.14. The van der Waals surface area contributed by atoms with Crippen LogP contribution in [0.3, 0.4) is 0 Å². The molecule has 0 N–H and O–H groups in total. The summed E-state index contributed by atoms with van der Waals surface area (Å²) in [5.41, 5.74) is 3.89. The third kappa shape index (κ3) is 2.91. The molecule has 0 amide bonds. The lowest BCUT2D eigenvalue weighted by Crippen LogP contribution is -2.10. The van der Waals surface area contributed by atoms with E-state index in [4.69, 9.17) is 11.6 Å². The smallest absolute Gasteiger partial charge is 0.0843 e. The van der Waals surface area contributed by atoms with E-state index in [1.165, 1.54) is 11.1 Å². The second-order valence-electron chi connectivity index (χ2n) is 5.29. The number of hydrogen-bond donors (Lipinski definition) is 0. The zero-order chi connectivity index (χ0) is 12.5. The number of halogens is 1. The van der Waals surface area contributed by atoms with Crippen molar-refractivity contribution in [3.63, 3.8) is 0 Å². The molecule has 0 aliphatic rings. The van der Waals surface area contributed by atoms with Crippen LogP contribution < -0.4 is 0 Å². The molecule has 0 nitrogen and oxygen atoms in total. The molecule has 0 bridgehead atoms. The summed E-state index contributed by atoms with van der Waals surface area (Å²) in [4.78, 5) is 0. The van der Waals surface area contributed by atoms with Crippen LogP contribution in [-0.4, -0.2) is 0 Å². The lowest BCUT2D eigenvalue weighted by atomic mass is 9.86. The van der Waals surface area contributed by atoms with Gasteiger partial charge in [-0.2, -0.15) is 11.3 Å². The first-order valence-corrected chi connectivity index (χ1v) is 7.13. The van der Waals surface area contributed by atoms with Gasteiger partial charge >= 0.3 is 0 Å². The van der Waals surface area contributed by atoms with E-state index >= 15 is 0 Å². The molecule has 0 fully saturated rings. The highest BCUT2D eigenvalue weighted by atomic mass is 35.5. The number of benzene rings is 1. The van der Waals surface area contributed by atoms with E-state index < -0.39 is 0 Å². The van der Waals surface area contributed by atoms with Crippen molar-refractivity contribution in [2.24, 2.45) is 0 Å². The van der Waals surface area contributed by atoms with Gasteiger partial charge in [0, 0.05) is 0 Å². The van der Waals surface area contributed by atoms with Crippen LogP contribution in [0.1, 0.15) is 42.8 Å². The average molecular weight is 265 g/mol. The first kappa shape index (κ1) is 12.7. The molecule has 2 aromatic rings. The Morgan fingerprint density at radius 3 is 2.12 bits per heavy atom. The molecule has 1 aromatic heterocycles. The minimum atomic E-state index is -0.0322. The van der Waals surface area contributed by atoms with Crippen LogP contribution >= 0.6 is 22.9 Å². The molecule has 90 valence electrons. The highest BCUT2D eigenvalue weighted by Crippen LogP contribution is 2.31. The molecule has 0 aliphatic heterocycles. The Morgan fingerprint density at radius 1 is 1.00 bits per heavy atom. The molecule has 0 saturated carbocycles. The van der Waals surface area contributed by atoms with Gasteiger partial charge in [-0.05, 0) is 38.9 Å². The van der Waals surface area contributed by atoms with Gasteiger partial charge in [-0.25, -0.2) is 0 Å². The molecule has 0 spiro atoms. The molecule has 0 aliphatic carbocycles. The van der Waals surface area contributed by atoms with Crippen molar-refractivity contribution in [1.29, 1.82) is 0 Å². The normalized spacial score (nSPS) is 13.6. The number of rotatable bonds is 2. The fraction of sp³-hybridized carbons (Fsp3) is 0.333. The molecule has 1 atom stereocenters. The second-order valence-corrected chi connectivity index (χ2v) is 6.51. The van der Waals surface area contributed by atoms with Gasteiger partial charge in [-0.3, -0.25) is 0 Å². The van der Waals surface area contributed by atoms with Crippen LogP contribution in [0, 0.1) is 0 Å². The van der Waals surface area contributed by atoms with Gasteiger partial charge in [0.25, 0.3) is 0 Å². The van der Waals surface area contributed by atoms with E-state index in [1.807, 2.05) is 0 Å². The molecule has 0 radical (unpaired) electrons. The number of thiophene rings is 1. The molecule has 2 heteroatoms. The van der Waals surface area contributed by atoms with Gasteiger partial charge in [-0.15, -0.1) is 11.6 Å². The number of alkyl halides is 1. The lowest BCUT2D eigenvalue weighted by molar-refractivity contribution is 0.590. The Morgan fingerprint density at radius 2 is 1.65 bits per heavy atom. The maximum atomic E-state index is 6.45. The van der Waals surface area contributed by atoms with E-state index in [9.17, 15) is 0 Å². The number of hydrogen-bond acceptors (Lipinski definition) is 1. The summed E-state index contributed by atoms with van der Waals surface area (Å²) in [7, 11) is 0. The quantitative estimate of drug-likeness (QED) is 0.640. The maximum Gasteiger partial charge on any atom is 0.0843 e. The minimum absolute atomic E-state index is 0.0322. The highest BCUT2D eigenvalue weighted by molar-refractivity contribution is 7.08. The summed E-state index contributed by atoms with van der Waals surface area (Å²) < 4.78 is 0. The lowest BCUT2D eigenvalue weighted by Gasteiger charge is -2.19. The molecule has 1 unspecified atom stereocenters. The van der Waals surface area contributed by atoms with Crippen LogP contribution in [-0.2, 0) is 5.41 Å². The summed E-state index contributed by atoms with van der Waals surface area (Å²) in [5.74, 6) is 0. The molecule has 0 saturated heterocycles. The van der Waals surface area contributed by atoms with Crippen molar-refractivity contribution < 1.29 is 0 Å². The van der Waals surface area contributed by atoms with Gasteiger partial charge in [0.1, 0.15) is 0 Å². The van der Waals surface area contributed by atoms with Gasteiger partial charge in [0.15, 0.2) is 0 Å². The van der Waals surface area contributed by atoms with Crippen LogP contribution in [0.2, 0.25) is 0 Å². The van der Waals surface area contributed by atoms with Crippen LogP contribution in [0.5, 0.6) is 0 Å². The monoisotopic (exact) mass is 264 g/mol. The third-order valence-electron chi connectivity index (χ3n) is 2.91. The predicted octanol–water partition coefficient (Wildman–Crippen LogP) is 5.37. The third-order valence-corrected chi connectivity index (χ3v) is 4.11. The van der Waals surface area contributed by atoms with Crippen LogP contribution in [0.25, 0.3) is 0 Å². The first-order chi connectivity index (χ1) is 7.98. The summed E-state index contributed by atoms with van der Waals surface area (Å²) >= 11 is 8.13. The van der Waals surface area contributed by atoms with E-state index in [-0.39, 0.29) is 10.8 Å². The van der Waals surface area contributed by atoms with Gasteiger partial charge in [0.05, 0.1) is 5.38 Å². The van der Waals surface area contributed by atoms with Crippen molar-refractivity contribution in [2.45, 2.75) is 31.6 Å². The Bertz CT molecular complexity index is 463. The Kier molecular flexibility index (Phi) is 3.60. The summed E-state index contributed by atoms with van der Waals surface area (Å²) in [6, 6.07) is 10.7. The van der Waals surface area contributed by atoms with E-state index in [0.29, 0.717) is 0 Å². The summed E-state index contributed by atoms with van der Waals surface area (Å²) in [6.07, 6.45) is 0. The largest absolute Gasteiger partial charge is 0.152 e. The van der Waals surface area contributed by atoms with Gasteiger partial charge < -0.3 is 0 Å². The summed E-state index contributed by atoms with van der Waals surface area (Å²) in [6.45, 7) is 6.66. The molecular weight excluding hydrogens is 248 g/mol. The average Bonchev–Trinajstić information content (AvgIpc) is 2.80. The topological polar surface area (TPSA) is 0 Å². The fourth-order valence-corrected chi connectivity index (χ4v) is 2.81. The molecule has 1 aromatic carbocycles. The fourth-order valence-electron chi connectivity index (χ4n) is 1.76. The Labute approximate surface area is 112 Å². The van der Waals surface area contributed by atoms with Crippen molar-refractivity contribution in [3.05, 3.63) is 57.8 Å². The van der Waals surface area contributed by atoms with E-state index in [2.05, 4.69) is 61.9 Å². The standard InChI is InChI=1S/C15H17ClS/c1-15(2,3)13-6-4-11(5-7-13)14(16)12-8-9-17-10-12/h4-10,14H,1-3H3. The van der Waals surface area contributed by atoms with E-state index in [1.54, 1.807) is 11.3 Å². The highest BCUT2D eigenvalue weighted by Gasteiger charge is 2.15. The molecule has 1 heterocycles. The predicted molar refractivity (Wildman–Crippen MR) is 77.2 cm³/mol. The van der Waals surface area contributed by atoms with E-state index in [0.717, 1.165) is 5.56 Å². The van der Waals surface area contributed by atoms with Crippen LogP contribution in [0.4, 0.5) is 0 Å². The first-order valence-electron chi connectivity index (χ1n) is 5.75. The zero-order valence-corrected chi connectivity index (χ0v) is 12.0. The SMILES string of the molecule is CC(C)(C)c1ccc(C(Cl)c2ccsc2)cc1. The molecule has 2 rings (SSSR count). The Hall–Kier alpha value is -0.790. The maximum absolute atomic E-state index is 6.45. The van der Waals surface area contributed by atoms with Crippen LogP contribution in [0.15, 0.2) is 41.1 Å². The van der Waals surface area contributed by atoms with Gasteiger partial charge in [0.2, 0.25) is 0 Å².